The van der Waals surface area contributed by atoms with Crippen molar-refractivity contribution in [3.05, 3.63) is 34.9 Å². The second-order valence-corrected chi connectivity index (χ2v) is 4.39. The van der Waals surface area contributed by atoms with Crippen LogP contribution >= 0.6 is 11.6 Å². The summed E-state index contributed by atoms with van der Waals surface area (Å²) >= 11 is 5.83. The fraction of sp³-hybridized carbons (Fsp3) is 0.500. The summed E-state index contributed by atoms with van der Waals surface area (Å²) in [5.74, 6) is 0. The van der Waals surface area contributed by atoms with E-state index in [-0.39, 0.29) is 0 Å². The SMILES string of the molecule is CC(Cc1ccc(Cl)cc1)N(C)CCN. The molecule has 0 radical (unpaired) electrons. The van der Waals surface area contributed by atoms with Crippen LogP contribution < -0.4 is 5.73 Å². The fourth-order valence-electron chi connectivity index (χ4n) is 1.54. The summed E-state index contributed by atoms with van der Waals surface area (Å²) in [5, 5.41) is 0.793. The van der Waals surface area contributed by atoms with Gasteiger partial charge < -0.3 is 10.6 Å². The van der Waals surface area contributed by atoms with Crippen LogP contribution in [0.5, 0.6) is 0 Å². The zero-order chi connectivity index (χ0) is 11.3. The Morgan fingerprint density at radius 1 is 1.33 bits per heavy atom. The molecule has 15 heavy (non-hydrogen) atoms. The number of rotatable bonds is 5. The van der Waals surface area contributed by atoms with Gasteiger partial charge in [-0.25, -0.2) is 0 Å². The summed E-state index contributed by atoms with van der Waals surface area (Å²) in [6.45, 7) is 3.86. The van der Waals surface area contributed by atoms with E-state index >= 15 is 0 Å². The van der Waals surface area contributed by atoms with Crippen LogP contribution in [0.15, 0.2) is 24.3 Å². The third-order valence-electron chi connectivity index (χ3n) is 2.68. The zero-order valence-electron chi connectivity index (χ0n) is 9.41. The standard InChI is InChI=1S/C12H19ClN2/c1-10(15(2)8-7-14)9-11-3-5-12(13)6-4-11/h3-6,10H,7-9,14H2,1-2H3. The average molecular weight is 227 g/mol. The van der Waals surface area contributed by atoms with Crippen LogP contribution in [0.1, 0.15) is 12.5 Å². The second kappa shape index (κ2) is 6.11. The number of nitrogens with zero attached hydrogens (tertiary/aromatic N) is 1. The van der Waals surface area contributed by atoms with E-state index in [9.17, 15) is 0 Å². The summed E-state index contributed by atoms with van der Waals surface area (Å²) in [6.07, 6.45) is 1.04. The van der Waals surface area contributed by atoms with Gasteiger partial charge in [0.25, 0.3) is 0 Å². The average Bonchev–Trinajstić information content (AvgIpc) is 2.22. The first-order chi connectivity index (χ1) is 7.13. The first kappa shape index (κ1) is 12.5. The maximum absolute atomic E-state index is 5.83. The van der Waals surface area contributed by atoms with E-state index in [1.807, 2.05) is 12.1 Å². The number of hydrogen-bond donors (Lipinski definition) is 1. The van der Waals surface area contributed by atoms with Gasteiger partial charge in [0.15, 0.2) is 0 Å². The van der Waals surface area contributed by atoms with Gasteiger partial charge in [0, 0.05) is 24.2 Å². The molecule has 1 aromatic carbocycles. The quantitative estimate of drug-likeness (QED) is 0.834. The van der Waals surface area contributed by atoms with Gasteiger partial charge in [-0.3, -0.25) is 0 Å². The smallest absolute Gasteiger partial charge is 0.0406 e. The van der Waals surface area contributed by atoms with E-state index in [1.165, 1.54) is 5.56 Å². The normalized spacial score (nSPS) is 13.1. The molecule has 0 aliphatic rings. The first-order valence-electron chi connectivity index (χ1n) is 5.28. The predicted octanol–water partition coefficient (Wildman–Crippen LogP) is 2.16. The molecule has 0 fully saturated rings. The van der Waals surface area contributed by atoms with Gasteiger partial charge >= 0.3 is 0 Å². The third kappa shape index (κ3) is 4.20. The van der Waals surface area contributed by atoms with Crippen LogP contribution in [0.25, 0.3) is 0 Å². The van der Waals surface area contributed by atoms with Crippen LogP contribution in [0.4, 0.5) is 0 Å². The maximum atomic E-state index is 5.83. The maximum Gasteiger partial charge on any atom is 0.0406 e. The molecule has 0 aromatic heterocycles. The molecule has 84 valence electrons. The van der Waals surface area contributed by atoms with Crippen molar-refractivity contribution >= 4 is 11.6 Å². The van der Waals surface area contributed by atoms with E-state index in [2.05, 4.69) is 31.0 Å². The molecule has 1 unspecified atom stereocenters. The molecule has 0 aliphatic carbocycles. The molecule has 0 saturated carbocycles. The number of nitrogens with two attached hydrogens (primary N) is 1. The number of benzene rings is 1. The van der Waals surface area contributed by atoms with Crippen LogP contribution in [-0.2, 0) is 6.42 Å². The highest BCUT2D eigenvalue weighted by Gasteiger charge is 2.08. The summed E-state index contributed by atoms with van der Waals surface area (Å²) in [7, 11) is 2.10. The highest BCUT2D eigenvalue weighted by atomic mass is 35.5. The van der Waals surface area contributed by atoms with Gasteiger partial charge in [-0.1, -0.05) is 23.7 Å². The minimum absolute atomic E-state index is 0.509. The Morgan fingerprint density at radius 2 is 1.93 bits per heavy atom. The molecule has 0 saturated heterocycles. The molecule has 1 rings (SSSR count). The lowest BCUT2D eigenvalue weighted by atomic mass is 10.1. The van der Waals surface area contributed by atoms with Crippen LogP contribution in [0.2, 0.25) is 5.02 Å². The Kier molecular flexibility index (Phi) is 5.09. The van der Waals surface area contributed by atoms with E-state index in [0.717, 1.165) is 18.0 Å². The van der Waals surface area contributed by atoms with E-state index < -0.39 is 0 Å². The van der Waals surface area contributed by atoms with E-state index in [1.54, 1.807) is 0 Å². The first-order valence-corrected chi connectivity index (χ1v) is 5.66. The van der Waals surface area contributed by atoms with Crippen LogP contribution in [-0.4, -0.2) is 31.1 Å². The molecular weight excluding hydrogens is 208 g/mol. The van der Waals surface area contributed by atoms with Crippen LogP contribution in [0, 0.1) is 0 Å². The third-order valence-corrected chi connectivity index (χ3v) is 2.93. The zero-order valence-corrected chi connectivity index (χ0v) is 10.2. The Bertz CT molecular complexity index is 284. The molecule has 3 heteroatoms. The summed E-state index contributed by atoms with van der Waals surface area (Å²) in [6, 6.07) is 8.54. The number of hydrogen-bond acceptors (Lipinski definition) is 2. The highest BCUT2D eigenvalue weighted by molar-refractivity contribution is 6.30. The fourth-order valence-corrected chi connectivity index (χ4v) is 1.67. The lowest BCUT2D eigenvalue weighted by molar-refractivity contribution is 0.263. The molecule has 2 N–H and O–H groups in total. The summed E-state index contributed by atoms with van der Waals surface area (Å²) in [5.41, 5.74) is 6.84. The van der Waals surface area contributed by atoms with E-state index in [4.69, 9.17) is 17.3 Å². The van der Waals surface area contributed by atoms with Crippen molar-refractivity contribution in [1.82, 2.24) is 4.90 Å². The van der Waals surface area contributed by atoms with Crippen molar-refractivity contribution in [3.8, 4) is 0 Å². The van der Waals surface area contributed by atoms with Gasteiger partial charge in [-0.15, -0.1) is 0 Å². The molecule has 2 nitrogen and oxygen atoms in total. The summed E-state index contributed by atoms with van der Waals surface area (Å²) in [4.78, 5) is 2.27. The molecule has 0 bridgehead atoms. The van der Waals surface area contributed by atoms with Crippen molar-refractivity contribution in [2.75, 3.05) is 20.1 Å². The van der Waals surface area contributed by atoms with Crippen LogP contribution in [0.3, 0.4) is 0 Å². The van der Waals surface area contributed by atoms with Gasteiger partial charge in [0.1, 0.15) is 0 Å². The molecule has 1 aromatic rings. The Labute approximate surface area is 97.0 Å². The van der Waals surface area contributed by atoms with Gasteiger partial charge in [-0.05, 0) is 38.1 Å². The van der Waals surface area contributed by atoms with Crippen molar-refractivity contribution < 1.29 is 0 Å². The van der Waals surface area contributed by atoms with Crippen molar-refractivity contribution in [2.45, 2.75) is 19.4 Å². The van der Waals surface area contributed by atoms with Crippen molar-refractivity contribution in [3.63, 3.8) is 0 Å². The minimum atomic E-state index is 0.509. The number of halogens is 1. The Balaban J connectivity index is 2.50. The monoisotopic (exact) mass is 226 g/mol. The largest absolute Gasteiger partial charge is 0.329 e. The molecule has 1 atom stereocenters. The van der Waals surface area contributed by atoms with Crippen molar-refractivity contribution in [2.24, 2.45) is 5.73 Å². The molecule has 0 heterocycles. The van der Waals surface area contributed by atoms with E-state index in [0.29, 0.717) is 12.6 Å². The molecule has 0 aliphatic heterocycles. The minimum Gasteiger partial charge on any atom is -0.329 e. The molecule has 0 spiro atoms. The molecule has 0 amide bonds. The number of likely N-dealkylation sites (N-methyl/N-ethyl adjacent to an activating group) is 1. The highest BCUT2D eigenvalue weighted by Crippen LogP contribution is 2.12. The van der Waals surface area contributed by atoms with Crippen molar-refractivity contribution in [1.29, 1.82) is 0 Å². The Morgan fingerprint density at radius 3 is 2.47 bits per heavy atom. The lowest BCUT2D eigenvalue weighted by Crippen LogP contribution is -2.34. The van der Waals surface area contributed by atoms with Gasteiger partial charge in [0.2, 0.25) is 0 Å². The Hall–Kier alpha value is -0.570. The summed E-state index contributed by atoms with van der Waals surface area (Å²) < 4.78 is 0. The van der Waals surface area contributed by atoms with Gasteiger partial charge in [0.05, 0.1) is 0 Å². The topological polar surface area (TPSA) is 29.3 Å². The molecular formula is C12H19ClN2. The predicted molar refractivity (Wildman–Crippen MR) is 66.3 cm³/mol. The lowest BCUT2D eigenvalue weighted by Gasteiger charge is -2.24. The second-order valence-electron chi connectivity index (χ2n) is 3.95. The van der Waals surface area contributed by atoms with Gasteiger partial charge in [-0.2, -0.15) is 0 Å².